The van der Waals surface area contributed by atoms with Gasteiger partial charge < -0.3 is 15.8 Å². The molecule has 1 aliphatic rings. The number of ether oxygens (including phenoxy) is 1. The summed E-state index contributed by atoms with van der Waals surface area (Å²) >= 11 is 5.97. The first-order valence-corrected chi connectivity index (χ1v) is 7.33. The van der Waals surface area contributed by atoms with E-state index in [9.17, 15) is 4.79 Å². The highest BCUT2D eigenvalue weighted by atomic mass is 35.5. The van der Waals surface area contributed by atoms with Crippen molar-refractivity contribution in [2.45, 2.75) is 38.3 Å². The molecule has 2 rings (SSSR count). The summed E-state index contributed by atoms with van der Waals surface area (Å²) in [7, 11) is 1.61. The Morgan fingerprint density at radius 3 is 2.90 bits per heavy atom. The molecular formula is C15H22Cl2N2O2. The number of amides is 1. The van der Waals surface area contributed by atoms with Crippen LogP contribution in [0.4, 0.5) is 0 Å². The van der Waals surface area contributed by atoms with Crippen molar-refractivity contribution in [2.75, 3.05) is 7.11 Å². The molecule has 21 heavy (non-hydrogen) atoms. The summed E-state index contributed by atoms with van der Waals surface area (Å²) in [6.07, 6.45) is 3.75. The van der Waals surface area contributed by atoms with E-state index in [0.29, 0.717) is 11.6 Å². The zero-order valence-electron chi connectivity index (χ0n) is 12.1. The van der Waals surface area contributed by atoms with Crippen LogP contribution in [0.1, 0.15) is 31.2 Å². The third-order valence-electron chi connectivity index (χ3n) is 3.78. The van der Waals surface area contributed by atoms with Crippen LogP contribution in [0, 0.1) is 5.92 Å². The van der Waals surface area contributed by atoms with Crippen molar-refractivity contribution in [3.05, 3.63) is 28.8 Å². The van der Waals surface area contributed by atoms with Crippen molar-refractivity contribution in [2.24, 2.45) is 11.7 Å². The number of nitrogens with two attached hydrogens (primary N) is 1. The minimum Gasteiger partial charge on any atom is -0.496 e. The topological polar surface area (TPSA) is 64.3 Å². The molecule has 0 aliphatic heterocycles. The first-order chi connectivity index (χ1) is 9.60. The summed E-state index contributed by atoms with van der Waals surface area (Å²) < 4.78 is 5.27. The summed E-state index contributed by atoms with van der Waals surface area (Å²) in [6, 6.07) is 5.54. The fourth-order valence-corrected chi connectivity index (χ4v) is 2.87. The number of carbonyl (C=O) groups is 1. The third-order valence-corrected chi connectivity index (χ3v) is 4.02. The second-order valence-electron chi connectivity index (χ2n) is 5.30. The van der Waals surface area contributed by atoms with Gasteiger partial charge >= 0.3 is 0 Å². The average Bonchev–Trinajstić information content (AvgIpc) is 2.45. The van der Waals surface area contributed by atoms with Crippen molar-refractivity contribution >= 4 is 29.9 Å². The van der Waals surface area contributed by atoms with Crippen LogP contribution in [-0.4, -0.2) is 19.1 Å². The van der Waals surface area contributed by atoms with Gasteiger partial charge in [-0.25, -0.2) is 0 Å². The van der Waals surface area contributed by atoms with E-state index in [1.807, 2.05) is 6.07 Å². The SMILES string of the molecule is COc1ccc(Cl)cc1CNC(=O)C1CCCC(N)C1.Cl. The lowest BCUT2D eigenvalue weighted by molar-refractivity contribution is -0.126. The number of carbonyl (C=O) groups excluding carboxylic acids is 1. The Hall–Kier alpha value is -0.970. The molecule has 1 aliphatic carbocycles. The Balaban J connectivity index is 0.00000220. The Morgan fingerprint density at radius 1 is 1.48 bits per heavy atom. The standard InChI is InChI=1S/C15H21ClN2O2.ClH/c1-20-14-6-5-12(16)7-11(14)9-18-15(19)10-3-2-4-13(17)8-10;/h5-7,10,13H,2-4,8-9,17H2,1H3,(H,18,19);1H. The van der Waals surface area contributed by atoms with Crippen LogP contribution in [0.2, 0.25) is 5.02 Å². The van der Waals surface area contributed by atoms with Crippen molar-refractivity contribution in [3.63, 3.8) is 0 Å². The Bertz CT molecular complexity index is 483. The maximum atomic E-state index is 12.2. The number of halogens is 2. The Morgan fingerprint density at radius 2 is 2.24 bits per heavy atom. The van der Waals surface area contributed by atoms with Gasteiger partial charge in [0.25, 0.3) is 0 Å². The lowest BCUT2D eigenvalue weighted by Crippen LogP contribution is -2.37. The Kier molecular flexibility index (Phi) is 7.29. The first-order valence-electron chi connectivity index (χ1n) is 6.96. The van der Waals surface area contributed by atoms with Crippen LogP contribution in [0.25, 0.3) is 0 Å². The van der Waals surface area contributed by atoms with Crippen LogP contribution < -0.4 is 15.8 Å². The average molecular weight is 333 g/mol. The molecule has 1 fully saturated rings. The molecule has 0 bridgehead atoms. The molecule has 118 valence electrons. The van der Waals surface area contributed by atoms with Gasteiger partial charge in [0.2, 0.25) is 5.91 Å². The molecule has 0 saturated heterocycles. The maximum absolute atomic E-state index is 12.2. The molecule has 6 heteroatoms. The van der Waals surface area contributed by atoms with Crippen LogP contribution in [0.3, 0.4) is 0 Å². The van der Waals surface area contributed by atoms with E-state index in [2.05, 4.69) is 5.32 Å². The highest BCUT2D eigenvalue weighted by Gasteiger charge is 2.25. The number of hydrogen-bond acceptors (Lipinski definition) is 3. The molecule has 2 unspecified atom stereocenters. The summed E-state index contributed by atoms with van der Waals surface area (Å²) in [6.45, 7) is 0.425. The van der Waals surface area contributed by atoms with E-state index in [1.54, 1.807) is 19.2 Å². The summed E-state index contributed by atoms with van der Waals surface area (Å²) in [5, 5.41) is 3.59. The quantitative estimate of drug-likeness (QED) is 0.890. The maximum Gasteiger partial charge on any atom is 0.223 e. The normalized spacial score (nSPS) is 21.3. The van der Waals surface area contributed by atoms with E-state index >= 15 is 0 Å². The first kappa shape index (κ1) is 18.1. The minimum atomic E-state index is 0. The summed E-state index contributed by atoms with van der Waals surface area (Å²) in [5.74, 6) is 0.834. The highest BCUT2D eigenvalue weighted by molar-refractivity contribution is 6.30. The van der Waals surface area contributed by atoms with Crippen LogP contribution in [-0.2, 0) is 11.3 Å². The third kappa shape index (κ3) is 5.06. The van der Waals surface area contributed by atoms with Gasteiger partial charge in [-0.3, -0.25) is 4.79 Å². The van der Waals surface area contributed by atoms with Gasteiger partial charge in [0, 0.05) is 29.1 Å². The number of hydrogen-bond donors (Lipinski definition) is 2. The number of methoxy groups -OCH3 is 1. The molecule has 2 atom stereocenters. The van der Waals surface area contributed by atoms with Crippen molar-refractivity contribution in [3.8, 4) is 5.75 Å². The molecule has 3 N–H and O–H groups in total. The van der Waals surface area contributed by atoms with E-state index in [4.69, 9.17) is 22.1 Å². The number of rotatable bonds is 4. The molecule has 0 heterocycles. The molecule has 0 spiro atoms. The molecule has 4 nitrogen and oxygen atoms in total. The summed E-state index contributed by atoms with van der Waals surface area (Å²) in [4.78, 5) is 12.2. The molecule has 0 radical (unpaired) electrons. The number of nitrogens with one attached hydrogen (secondary N) is 1. The van der Waals surface area contributed by atoms with Crippen molar-refractivity contribution in [1.82, 2.24) is 5.32 Å². The lowest BCUT2D eigenvalue weighted by Gasteiger charge is -2.25. The minimum absolute atomic E-state index is 0. The van der Waals surface area contributed by atoms with Gasteiger partial charge in [0.05, 0.1) is 7.11 Å². The molecule has 1 saturated carbocycles. The molecular weight excluding hydrogens is 311 g/mol. The number of benzene rings is 1. The van der Waals surface area contributed by atoms with Crippen LogP contribution in [0.5, 0.6) is 5.75 Å². The van der Waals surface area contributed by atoms with Crippen LogP contribution >= 0.6 is 24.0 Å². The van der Waals surface area contributed by atoms with E-state index in [-0.39, 0.29) is 30.3 Å². The lowest BCUT2D eigenvalue weighted by atomic mass is 9.85. The van der Waals surface area contributed by atoms with Crippen LogP contribution in [0.15, 0.2) is 18.2 Å². The van der Waals surface area contributed by atoms with Gasteiger partial charge in [-0.15, -0.1) is 12.4 Å². The molecule has 1 amide bonds. The van der Waals surface area contributed by atoms with Gasteiger partial charge in [-0.2, -0.15) is 0 Å². The monoisotopic (exact) mass is 332 g/mol. The van der Waals surface area contributed by atoms with Gasteiger partial charge in [-0.05, 0) is 37.5 Å². The fraction of sp³-hybridized carbons (Fsp3) is 0.533. The predicted octanol–water partition coefficient (Wildman–Crippen LogP) is 2.90. The molecule has 1 aromatic carbocycles. The molecule has 0 aromatic heterocycles. The van der Waals surface area contributed by atoms with Crippen molar-refractivity contribution < 1.29 is 9.53 Å². The van der Waals surface area contributed by atoms with E-state index < -0.39 is 0 Å². The fourth-order valence-electron chi connectivity index (χ4n) is 2.68. The largest absolute Gasteiger partial charge is 0.496 e. The van der Waals surface area contributed by atoms with E-state index in [1.165, 1.54) is 0 Å². The summed E-state index contributed by atoms with van der Waals surface area (Å²) in [5.41, 5.74) is 6.80. The predicted molar refractivity (Wildman–Crippen MR) is 87.0 cm³/mol. The zero-order chi connectivity index (χ0) is 14.5. The van der Waals surface area contributed by atoms with Gasteiger partial charge in [0.15, 0.2) is 0 Å². The molecule has 1 aromatic rings. The van der Waals surface area contributed by atoms with Crippen molar-refractivity contribution in [1.29, 1.82) is 0 Å². The highest BCUT2D eigenvalue weighted by Crippen LogP contribution is 2.25. The second-order valence-corrected chi connectivity index (χ2v) is 5.73. The smallest absolute Gasteiger partial charge is 0.223 e. The zero-order valence-corrected chi connectivity index (χ0v) is 13.7. The van der Waals surface area contributed by atoms with E-state index in [0.717, 1.165) is 37.0 Å². The van der Waals surface area contributed by atoms with Gasteiger partial charge in [0.1, 0.15) is 5.75 Å². The van der Waals surface area contributed by atoms with Gasteiger partial charge in [-0.1, -0.05) is 18.0 Å². The Labute approximate surface area is 136 Å². The second kappa shape index (κ2) is 8.47.